The van der Waals surface area contributed by atoms with E-state index in [0.29, 0.717) is 0 Å². The van der Waals surface area contributed by atoms with Gasteiger partial charge in [-0.15, -0.1) is 0 Å². The van der Waals surface area contributed by atoms with Gasteiger partial charge in [0.2, 0.25) is 0 Å². The van der Waals surface area contributed by atoms with Gasteiger partial charge in [0.05, 0.1) is 0 Å². The number of hydrogen-bond acceptors (Lipinski definition) is 2. The third kappa shape index (κ3) is 2.93. The Kier molecular flexibility index (Phi) is 3.73. The van der Waals surface area contributed by atoms with Crippen LogP contribution < -0.4 is 10.1 Å². The summed E-state index contributed by atoms with van der Waals surface area (Å²) in [6.45, 7) is 1.06. The zero-order valence-corrected chi connectivity index (χ0v) is 13.0. The largest absolute Gasteiger partial charge is 0.457 e. The van der Waals surface area contributed by atoms with Gasteiger partial charge in [-0.1, -0.05) is 42.5 Å². The summed E-state index contributed by atoms with van der Waals surface area (Å²) in [4.78, 5) is 0. The molecule has 1 heterocycles. The van der Waals surface area contributed by atoms with E-state index in [0.717, 1.165) is 24.5 Å². The van der Waals surface area contributed by atoms with Crippen LogP contribution in [0.4, 0.5) is 5.69 Å². The van der Waals surface area contributed by atoms with Gasteiger partial charge in [0.25, 0.3) is 0 Å². The van der Waals surface area contributed by atoms with Crippen molar-refractivity contribution in [2.24, 2.45) is 0 Å². The number of rotatable bonds is 3. The van der Waals surface area contributed by atoms with Crippen molar-refractivity contribution in [2.45, 2.75) is 12.8 Å². The number of nitrogens with one attached hydrogen (secondary N) is 1. The summed E-state index contributed by atoms with van der Waals surface area (Å²) in [5.41, 5.74) is 5.19. The maximum atomic E-state index is 5.97. The van der Waals surface area contributed by atoms with Crippen LogP contribution in [0, 0.1) is 0 Å². The molecule has 2 heteroatoms. The summed E-state index contributed by atoms with van der Waals surface area (Å²) in [5, 5.41) is 3.50. The van der Waals surface area contributed by atoms with E-state index < -0.39 is 0 Å². The highest BCUT2D eigenvalue weighted by Gasteiger charge is 2.13. The van der Waals surface area contributed by atoms with Crippen molar-refractivity contribution in [1.29, 1.82) is 0 Å². The molecule has 0 aromatic heterocycles. The van der Waals surface area contributed by atoms with Crippen molar-refractivity contribution in [1.82, 2.24) is 0 Å². The zero-order chi connectivity index (χ0) is 15.5. The molecule has 0 aliphatic carbocycles. The monoisotopic (exact) mass is 301 g/mol. The highest BCUT2D eigenvalue weighted by atomic mass is 16.5. The molecule has 3 aromatic carbocycles. The Morgan fingerprint density at radius 1 is 0.783 bits per heavy atom. The second kappa shape index (κ2) is 6.17. The first-order valence-corrected chi connectivity index (χ1v) is 8.09. The number of ether oxygens (including phenoxy) is 1. The molecular weight excluding hydrogens is 282 g/mol. The molecule has 23 heavy (non-hydrogen) atoms. The Morgan fingerprint density at radius 3 is 2.52 bits per heavy atom. The third-order valence-corrected chi connectivity index (χ3v) is 4.22. The van der Waals surface area contributed by atoms with Crippen LogP contribution >= 0.6 is 0 Å². The Morgan fingerprint density at radius 2 is 1.61 bits per heavy atom. The molecule has 0 fully saturated rings. The molecule has 3 aromatic rings. The molecule has 0 bridgehead atoms. The predicted octanol–water partition coefficient (Wildman–Crippen LogP) is 5.50. The molecule has 0 spiro atoms. The first-order valence-electron chi connectivity index (χ1n) is 8.09. The Hall–Kier alpha value is -2.74. The van der Waals surface area contributed by atoms with Gasteiger partial charge in [0, 0.05) is 12.2 Å². The van der Waals surface area contributed by atoms with Crippen LogP contribution in [0.3, 0.4) is 0 Å². The zero-order valence-electron chi connectivity index (χ0n) is 13.0. The van der Waals surface area contributed by atoms with E-state index in [4.69, 9.17) is 4.74 Å². The maximum absolute atomic E-state index is 5.97. The minimum atomic E-state index is 0.862. The highest BCUT2D eigenvalue weighted by molar-refractivity contribution is 5.75. The lowest BCUT2D eigenvalue weighted by Crippen LogP contribution is -2.12. The number of anilines is 1. The van der Waals surface area contributed by atoms with Crippen LogP contribution in [-0.2, 0) is 6.42 Å². The lowest BCUT2D eigenvalue weighted by Gasteiger charge is -2.21. The predicted molar refractivity (Wildman–Crippen MR) is 95.2 cm³/mol. The Bertz CT molecular complexity index is 811. The van der Waals surface area contributed by atoms with Crippen molar-refractivity contribution in [2.75, 3.05) is 11.9 Å². The standard InChI is InChI=1S/C21H19NO/c1-2-8-17(9-3-1)23-18-10-4-7-16(15-18)19-11-5-13-21-20(19)12-6-14-22-21/h1-5,7-11,13,15,22H,6,12,14H2. The second-order valence-corrected chi connectivity index (χ2v) is 5.80. The molecule has 0 radical (unpaired) electrons. The summed E-state index contributed by atoms with van der Waals surface area (Å²) in [6, 6.07) is 24.7. The molecule has 0 saturated carbocycles. The fourth-order valence-corrected chi connectivity index (χ4v) is 3.13. The van der Waals surface area contributed by atoms with Crippen LogP contribution in [0.25, 0.3) is 11.1 Å². The summed E-state index contributed by atoms with van der Waals surface area (Å²) >= 11 is 0. The third-order valence-electron chi connectivity index (χ3n) is 4.22. The molecule has 0 unspecified atom stereocenters. The van der Waals surface area contributed by atoms with E-state index in [9.17, 15) is 0 Å². The Labute approximate surface area is 136 Å². The van der Waals surface area contributed by atoms with Gasteiger partial charge in [-0.3, -0.25) is 0 Å². The molecule has 0 atom stereocenters. The van der Waals surface area contributed by atoms with E-state index in [2.05, 4.69) is 41.7 Å². The minimum Gasteiger partial charge on any atom is -0.457 e. The van der Waals surface area contributed by atoms with Crippen LogP contribution in [0.2, 0.25) is 0 Å². The van der Waals surface area contributed by atoms with Gasteiger partial charge in [0.1, 0.15) is 11.5 Å². The van der Waals surface area contributed by atoms with Gasteiger partial charge in [-0.25, -0.2) is 0 Å². The number of para-hydroxylation sites is 1. The molecule has 114 valence electrons. The SMILES string of the molecule is c1ccc(Oc2cccc(-c3cccc4c3CCCN4)c2)cc1. The molecule has 4 rings (SSSR count). The van der Waals surface area contributed by atoms with Crippen LogP contribution in [0.15, 0.2) is 72.8 Å². The van der Waals surface area contributed by atoms with Gasteiger partial charge >= 0.3 is 0 Å². The van der Waals surface area contributed by atoms with Crippen LogP contribution in [0.1, 0.15) is 12.0 Å². The second-order valence-electron chi connectivity index (χ2n) is 5.80. The van der Waals surface area contributed by atoms with E-state index in [1.807, 2.05) is 36.4 Å². The van der Waals surface area contributed by atoms with Crippen molar-refractivity contribution in [3.8, 4) is 22.6 Å². The van der Waals surface area contributed by atoms with Gasteiger partial charge in [0.15, 0.2) is 0 Å². The molecule has 2 nitrogen and oxygen atoms in total. The van der Waals surface area contributed by atoms with Crippen LogP contribution in [-0.4, -0.2) is 6.54 Å². The van der Waals surface area contributed by atoms with Gasteiger partial charge in [-0.2, -0.15) is 0 Å². The first kappa shape index (κ1) is 13.9. The minimum absolute atomic E-state index is 0.862. The molecular formula is C21H19NO. The van der Waals surface area contributed by atoms with E-state index in [1.54, 1.807) is 0 Å². The van der Waals surface area contributed by atoms with Crippen molar-refractivity contribution < 1.29 is 4.74 Å². The fourth-order valence-electron chi connectivity index (χ4n) is 3.13. The molecule has 0 amide bonds. The summed E-state index contributed by atoms with van der Waals surface area (Å²) in [5.74, 6) is 1.73. The van der Waals surface area contributed by atoms with Crippen molar-refractivity contribution in [3.63, 3.8) is 0 Å². The molecule has 1 N–H and O–H groups in total. The van der Waals surface area contributed by atoms with E-state index in [-0.39, 0.29) is 0 Å². The number of hydrogen-bond donors (Lipinski definition) is 1. The van der Waals surface area contributed by atoms with Crippen molar-refractivity contribution in [3.05, 3.63) is 78.4 Å². The van der Waals surface area contributed by atoms with Gasteiger partial charge in [-0.05, 0) is 59.9 Å². The highest BCUT2D eigenvalue weighted by Crippen LogP contribution is 2.34. The number of benzene rings is 3. The van der Waals surface area contributed by atoms with Crippen molar-refractivity contribution >= 4 is 5.69 Å². The lowest BCUT2D eigenvalue weighted by molar-refractivity contribution is 0.483. The Balaban J connectivity index is 1.69. The van der Waals surface area contributed by atoms with E-state index >= 15 is 0 Å². The average Bonchev–Trinajstić information content (AvgIpc) is 2.62. The molecule has 0 saturated heterocycles. The topological polar surface area (TPSA) is 21.3 Å². The molecule has 1 aliphatic heterocycles. The maximum Gasteiger partial charge on any atom is 0.128 e. The summed E-state index contributed by atoms with van der Waals surface area (Å²) < 4.78 is 5.97. The van der Waals surface area contributed by atoms with Gasteiger partial charge < -0.3 is 10.1 Å². The quantitative estimate of drug-likeness (QED) is 0.689. The molecule has 1 aliphatic rings. The average molecular weight is 301 g/mol. The smallest absolute Gasteiger partial charge is 0.128 e. The normalized spacial score (nSPS) is 13.0. The van der Waals surface area contributed by atoms with E-state index in [1.165, 1.54) is 28.8 Å². The number of fused-ring (bicyclic) bond motifs is 1. The van der Waals surface area contributed by atoms with Crippen LogP contribution in [0.5, 0.6) is 11.5 Å². The fraction of sp³-hybridized carbons (Fsp3) is 0.143. The first-order chi connectivity index (χ1) is 11.4. The lowest BCUT2D eigenvalue weighted by atomic mass is 9.93. The summed E-state index contributed by atoms with van der Waals surface area (Å²) in [7, 11) is 0. The summed E-state index contributed by atoms with van der Waals surface area (Å²) in [6.07, 6.45) is 2.31.